The Bertz CT molecular complexity index is 924. The van der Waals surface area contributed by atoms with Crippen LogP contribution < -0.4 is 0 Å². The highest BCUT2D eigenvalue weighted by Gasteiger charge is 2.10. The number of benzene rings is 2. The lowest BCUT2D eigenvalue weighted by molar-refractivity contribution is -0.384. The van der Waals surface area contributed by atoms with E-state index in [9.17, 15) is 15.2 Å². The fourth-order valence-electron chi connectivity index (χ4n) is 2.15. The second-order valence-corrected chi connectivity index (χ2v) is 5.67. The molecule has 3 aromatic rings. The minimum Gasteiger partial charge on any atom is -0.507 e. The summed E-state index contributed by atoms with van der Waals surface area (Å²) in [6.07, 6.45) is 3.12. The Morgan fingerprint density at radius 3 is 2.74 bits per heavy atom. The van der Waals surface area contributed by atoms with Crippen molar-refractivity contribution >= 4 is 44.4 Å². The first-order chi connectivity index (χ1) is 11.0. The first-order valence-electron chi connectivity index (χ1n) is 6.60. The lowest BCUT2D eigenvalue weighted by Gasteiger charge is -2.05. The minimum absolute atomic E-state index is 0.000606. The van der Waals surface area contributed by atoms with E-state index in [-0.39, 0.29) is 11.4 Å². The normalized spacial score (nSPS) is 11.2. The maximum Gasteiger partial charge on any atom is 0.270 e. The average Bonchev–Trinajstić information content (AvgIpc) is 2.55. The molecule has 0 atom stereocenters. The maximum absolute atomic E-state index is 10.9. The minimum atomic E-state index is -0.453. The number of phenols is 1. The molecule has 0 saturated heterocycles. The van der Waals surface area contributed by atoms with Gasteiger partial charge in [-0.1, -0.05) is 6.07 Å². The van der Waals surface area contributed by atoms with Crippen LogP contribution in [0.15, 0.2) is 58.1 Å². The molecule has 3 rings (SSSR count). The van der Waals surface area contributed by atoms with Crippen molar-refractivity contribution in [3.63, 3.8) is 0 Å². The zero-order valence-electron chi connectivity index (χ0n) is 11.7. The first-order valence-corrected chi connectivity index (χ1v) is 7.39. The predicted molar refractivity (Wildman–Crippen MR) is 91.5 cm³/mol. The summed E-state index contributed by atoms with van der Waals surface area (Å²) < 4.78 is 0.844. The largest absolute Gasteiger partial charge is 0.507 e. The predicted octanol–water partition coefficient (Wildman–Crippen LogP) is 4.36. The van der Waals surface area contributed by atoms with Crippen LogP contribution in [0.25, 0.3) is 10.8 Å². The van der Waals surface area contributed by atoms with Gasteiger partial charge >= 0.3 is 0 Å². The van der Waals surface area contributed by atoms with Gasteiger partial charge < -0.3 is 5.11 Å². The highest BCUT2D eigenvalue weighted by molar-refractivity contribution is 9.10. The van der Waals surface area contributed by atoms with E-state index in [0.717, 1.165) is 4.47 Å². The molecule has 0 aliphatic carbocycles. The summed E-state index contributed by atoms with van der Waals surface area (Å²) >= 11 is 3.29. The van der Waals surface area contributed by atoms with Crippen LogP contribution in [0.3, 0.4) is 0 Å². The lowest BCUT2D eigenvalue weighted by atomic mass is 10.0. The van der Waals surface area contributed by atoms with Gasteiger partial charge in [-0.3, -0.25) is 10.1 Å². The molecule has 2 aromatic carbocycles. The molecule has 0 radical (unpaired) electrons. The Morgan fingerprint density at radius 2 is 2.04 bits per heavy atom. The molecule has 0 unspecified atom stereocenters. The van der Waals surface area contributed by atoms with E-state index in [4.69, 9.17) is 0 Å². The summed E-state index contributed by atoms with van der Waals surface area (Å²) in [4.78, 5) is 18.8. The molecular formula is C16H10BrN3O3. The van der Waals surface area contributed by atoms with Crippen LogP contribution >= 0.6 is 15.9 Å². The summed E-state index contributed by atoms with van der Waals surface area (Å²) in [7, 11) is 0. The summed E-state index contributed by atoms with van der Waals surface area (Å²) in [6, 6.07) is 11.1. The standard InChI is InChI=1S/C16H10BrN3O3/c17-11-2-6-16(18-8-11)19-9-14-13-4-3-12(20(22)23)7-10(13)1-5-15(14)21/h1-9,21H. The SMILES string of the molecule is O=[N+]([O-])c1ccc2c(C=Nc3ccc(Br)cn3)c(O)ccc2c1. The number of nitro groups is 1. The van der Waals surface area contributed by atoms with Crippen LogP contribution in [0.5, 0.6) is 5.75 Å². The van der Waals surface area contributed by atoms with Crippen molar-refractivity contribution in [3.05, 3.63) is 68.8 Å². The number of hydrogen-bond donors (Lipinski definition) is 1. The van der Waals surface area contributed by atoms with Gasteiger partial charge in [0.05, 0.1) is 4.92 Å². The number of phenolic OH excluding ortho intramolecular Hbond substituents is 1. The molecule has 1 heterocycles. The molecule has 1 aromatic heterocycles. The molecule has 0 aliphatic heterocycles. The second kappa shape index (κ2) is 6.13. The van der Waals surface area contributed by atoms with Crippen molar-refractivity contribution < 1.29 is 10.0 Å². The van der Waals surface area contributed by atoms with E-state index in [0.29, 0.717) is 22.2 Å². The molecule has 0 amide bonds. The quantitative estimate of drug-likeness (QED) is 0.420. The molecule has 0 bridgehead atoms. The number of hydrogen-bond acceptors (Lipinski definition) is 5. The molecule has 0 fully saturated rings. The molecule has 0 aliphatic rings. The van der Waals surface area contributed by atoms with Crippen molar-refractivity contribution in [3.8, 4) is 5.75 Å². The zero-order chi connectivity index (χ0) is 16.4. The molecule has 0 saturated carbocycles. The number of pyridine rings is 1. The molecule has 23 heavy (non-hydrogen) atoms. The average molecular weight is 372 g/mol. The van der Waals surface area contributed by atoms with E-state index in [1.165, 1.54) is 24.4 Å². The number of aromatic nitrogens is 1. The van der Waals surface area contributed by atoms with Crippen LogP contribution in [0, 0.1) is 10.1 Å². The Balaban J connectivity index is 2.07. The topological polar surface area (TPSA) is 88.6 Å². The van der Waals surface area contributed by atoms with Crippen LogP contribution in [0.4, 0.5) is 11.5 Å². The van der Waals surface area contributed by atoms with E-state index in [1.54, 1.807) is 24.4 Å². The highest BCUT2D eigenvalue weighted by Crippen LogP contribution is 2.29. The van der Waals surface area contributed by atoms with Gasteiger partial charge in [-0.15, -0.1) is 0 Å². The number of aliphatic imine (C=N–C) groups is 1. The summed E-state index contributed by atoms with van der Waals surface area (Å²) in [5.74, 6) is 0.540. The van der Waals surface area contributed by atoms with Gasteiger partial charge in [-0.05, 0) is 51.0 Å². The lowest BCUT2D eigenvalue weighted by Crippen LogP contribution is -1.90. The van der Waals surface area contributed by atoms with Crippen molar-refractivity contribution in [2.75, 3.05) is 0 Å². The van der Waals surface area contributed by atoms with Gasteiger partial charge in [0.15, 0.2) is 5.82 Å². The van der Waals surface area contributed by atoms with Crippen molar-refractivity contribution in [1.82, 2.24) is 4.98 Å². The van der Waals surface area contributed by atoms with Crippen molar-refractivity contribution in [2.45, 2.75) is 0 Å². The maximum atomic E-state index is 10.9. The number of nitro benzene ring substituents is 1. The van der Waals surface area contributed by atoms with Gasteiger partial charge in [-0.25, -0.2) is 9.98 Å². The Kier molecular flexibility index (Phi) is 4.03. The van der Waals surface area contributed by atoms with E-state index < -0.39 is 4.92 Å². The van der Waals surface area contributed by atoms with E-state index in [1.807, 2.05) is 6.07 Å². The first kappa shape index (κ1) is 15.1. The molecule has 6 nitrogen and oxygen atoms in total. The molecule has 7 heteroatoms. The number of rotatable bonds is 3. The Hall–Kier alpha value is -2.80. The van der Waals surface area contributed by atoms with Gasteiger partial charge in [0, 0.05) is 34.6 Å². The molecule has 114 valence electrons. The van der Waals surface area contributed by atoms with Crippen LogP contribution in [-0.4, -0.2) is 21.2 Å². The van der Waals surface area contributed by atoms with Crippen LogP contribution in [0.1, 0.15) is 5.56 Å². The highest BCUT2D eigenvalue weighted by atomic mass is 79.9. The third-order valence-corrected chi connectivity index (χ3v) is 3.74. The van der Waals surface area contributed by atoms with E-state index in [2.05, 4.69) is 25.9 Å². The second-order valence-electron chi connectivity index (χ2n) is 4.75. The van der Waals surface area contributed by atoms with Crippen LogP contribution in [0.2, 0.25) is 0 Å². The van der Waals surface area contributed by atoms with E-state index >= 15 is 0 Å². The fourth-order valence-corrected chi connectivity index (χ4v) is 2.39. The van der Waals surface area contributed by atoms with Crippen molar-refractivity contribution in [1.29, 1.82) is 0 Å². The number of fused-ring (bicyclic) bond motifs is 1. The Morgan fingerprint density at radius 1 is 1.22 bits per heavy atom. The smallest absolute Gasteiger partial charge is 0.270 e. The fraction of sp³-hybridized carbons (Fsp3) is 0. The number of aromatic hydroxyl groups is 1. The Labute approximate surface area is 139 Å². The van der Waals surface area contributed by atoms with Gasteiger partial charge in [0.1, 0.15) is 5.75 Å². The summed E-state index contributed by atoms with van der Waals surface area (Å²) in [5, 5.41) is 22.2. The van der Waals surface area contributed by atoms with Crippen molar-refractivity contribution in [2.24, 2.45) is 4.99 Å². The van der Waals surface area contributed by atoms with Gasteiger partial charge in [-0.2, -0.15) is 0 Å². The number of halogens is 1. The third kappa shape index (κ3) is 3.19. The number of non-ortho nitro benzene ring substituents is 1. The number of nitrogens with zero attached hydrogens (tertiary/aromatic N) is 3. The van der Waals surface area contributed by atoms with Gasteiger partial charge in [0.2, 0.25) is 0 Å². The zero-order valence-corrected chi connectivity index (χ0v) is 13.3. The monoisotopic (exact) mass is 371 g/mol. The van der Waals surface area contributed by atoms with Gasteiger partial charge in [0.25, 0.3) is 5.69 Å². The summed E-state index contributed by atoms with van der Waals surface area (Å²) in [6.45, 7) is 0. The van der Waals surface area contributed by atoms with Crippen LogP contribution in [-0.2, 0) is 0 Å². The molecule has 1 N–H and O–H groups in total. The molecule has 0 spiro atoms. The summed E-state index contributed by atoms with van der Waals surface area (Å²) in [5.41, 5.74) is 0.489. The molecular weight excluding hydrogens is 362 g/mol. The third-order valence-electron chi connectivity index (χ3n) is 3.27.